The van der Waals surface area contributed by atoms with Crippen LogP contribution in [0.15, 0.2) is 12.1 Å². The van der Waals surface area contributed by atoms with Gasteiger partial charge in [0, 0.05) is 18.2 Å². The second kappa shape index (κ2) is 7.92. The Labute approximate surface area is 136 Å². The van der Waals surface area contributed by atoms with E-state index in [4.69, 9.17) is 4.74 Å². The Morgan fingerprint density at radius 2 is 1.87 bits per heavy atom. The summed E-state index contributed by atoms with van der Waals surface area (Å²) in [7, 11) is 0. The van der Waals surface area contributed by atoms with Crippen molar-refractivity contribution in [1.29, 1.82) is 0 Å². The number of hydrogen-bond donors (Lipinski definition) is 5. The summed E-state index contributed by atoms with van der Waals surface area (Å²) in [5.74, 6) is -1.22. The lowest BCUT2D eigenvalue weighted by atomic mass is 10.1. The molecule has 23 heavy (non-hydrogen) atoms. The van der Waals surface area contributed by atoms with Gasteiger partial charge in [-0.05, 0) is 46.7 Å². The summed E-state index contributed by atoms with van der Waals surface area (Å²) in [5.41, 5.74) is -0.0477. The third-order valence-electron chi connectivity index (χ3n) is 3.05. The SMILES string of the molecule is CC(CCNCc1ccc(O)c(O)c1O)NC(=O)OC(C)(C)C. The average Bonchev–Trinajstić information content (AvgIpc) is 2.40. The van der Waals surface area contributed by atoms with Crippen molar-refractivity contribution in [2.45, 2.75) is 52.3 Å². The van der Waals surface area contributed by atoms with E-state index in [1.54, 1.807) is 20.8 Å². The number of amides is 1. The summed E-state index contributed by atoms with van der Waals surface area (Å²) in [5, 5.41) is 34.2. The van der Waals surface area contributed by atoms with Crippen LogP contribution in [0.3, 0.4) is 0 Å². The van der Waals surface area contributed by atoms with Gasteiger partial charge in [0.1, 0.15) is 5.60 Å². The maximum atomic E-state index is 11.6. The molecule has 0 saturated heterocycles. The third kappa shape index (κ3) is 6.65. The number of phenolic OH excluding ortho intramolecular Hbond substituents is 3. The molecule has 1 atom stereocenters. The van der Waals surface area contributed by atoms with E-state index < -0.39 is 17.4 Å². The largest absolute Gasteiger partial charge is 0.504 e. The smallest absolute Gasteiger partial charge is 0.407 e. The molecule has 0 aliphatic heterocycles. The Balaban J connectivity index is 2.32. The number of rotatable bonds is 6. The quantitative estimate of drug-likeness (QED) is 0.405. The van der Waals surface area contributed by atoms with Crippen molar-refractivity contribution in [2.24, 2.45) is 0 Å². The normalized spacial score (nSPS) is 12.7. The van der Waals surface area contributed by atoms with Crippen LogP contribution in [-0.4, -0.2) is 39.6 Å². The molecule has 0 fully saturated rings. The standard InChI is InChI=1S/C16H26N2O5/c1-10(18-15(22)23-16(2,3)4)7-8-17-9-11-5-6-12(19)14(21)13(11)20/h5-6,10,17,19-21H,7-9H2,1-4H3,(H,18,22). The maximum Gasteiger partial charge on any atom is 0.407 e. The summed E-state index contributed by atoms with van der Waals surface area (Å²) in [6.07, 6.45) is 0.218. The summed E-state index contributed by atoms with van der Waals surface area (Å²) in [4.78, 5) is 11.6. The molecule has 1 unspecified atom stereocenters. The van der Waals surface area contributed by atoms with E-state index in [1.807, 2.05) is 6.92 Å². The first-order chi connectivity index (χ1) is 10.6. The number of carbonyl (C=O) groups is 1. The summed E-state index contributed by atoms with van der Waals surface area (Å²) in [6, 6.07) is 2.78. The zero-order valence-corrected chi connectivity index (χ0v) is 14.0. The number of ether oxygens (including phenoxy) is 1. The van der Waals surface area contributed by atoms with E-state index in [-0.39, 0.29) is 17.5 Å². The maximum absolute atomic E-state index is 11.6. The first-order valence-electron chi connectivity index (χ1n) is 7.53. The van der Waals surface area contributed by atoms with Crippen molar-refractivity contribution in [3.05, 3.63) is 17.7 Å². The number of aromatic hydroxyl groups is 3. The number of phenols is 3. The second-order valence-electron chi connectivity index (χ2n) is 6.45. The molecule has 7 heteroatoms. The predicted octanol–water partition coefficient (Wildman–Crippen LogP) is 2.20. The predicted molar refractivity (Wildman–Crippen MR) is 86.6 cm³/mol. The molecular weight excluding hydrogens is 300 g/mol. The van der Waals surface area contributed by atoms with Crippen LogP contribution in [0.25, 0.3) is 0 Å². The molecule has 0 heterocycles. The molecule has 130 valence electrons. The number of hydrogen-bond acceptors (Lipinski definition) is 6. The van der Waals surface area contributed by atoms with Crippen LogP contribution in [0.1, 0.15) is 39.7 Å². The van der Waals surface area contributed by atoms with Crippen LogP contribution in [-0.2, 0) is 11.3 Å². The van der Waals surface area contributed by atoms with Gasteiger partial charge in [-0.3, -0.25) is 0 Å². The summed E-state index contributed by atoms with van der Waals surface area (Å²) >= 11 is 0. The van der Waals surface area contributed by atoms with Crippen LogP contribution < -0.4 is 10.6 Å². The Morgan fingerprint density at radius 3 is 2.48 bits per heavy atom. The van der Waals surface area contributed by atoms with Crippen molar-refractivity contribution >= 4 is 6.09 Å². The van der Waals surface area contributed by atoms with Crippen molar-refractivity contribution in [2.75, 3.05) is 6.54 Å². The Hall–Kier alpha value is -2.15. The summed E-state index contributed by atoms with van der Waals surface area (Å²) < 4.78 is 5.17. The minimum atomic E-state index is -0.527. The van der Waals surface area contributed by atoms with Gasteiger partial charge in [0.05, 0.1) is 0 Å². The molecule has 0 bridgehead atoms. The Bertz CT molecular complexity index is 540. The van der Waals surface area contributed by atoms with E-state index in [0.717, 1.165) is 0 Å². The monoisotopic (exact) mass is 326 g/mol. The van der Waals surface area contributed by atoms with Gasteiger partial charge in [0.2, 0.25) is 5.75 Å². The van der Waals surface area contributed by atoms with E-state index in [1.165, 1.54) is 12.1 Å². The molecule has 1 amide bonds. The highest BCUT2D eigenvalue weighted by Crippen LogP contribution is 2.36. The highest BCUT2D eigenvalue weighted by molar-refractivity contribution is 5.68. The van der Waals surface area contributed by atoms with Gasteiger partial charge in [-0.15, -0.1) is 0 Å². The van der Waals surface area contributed by atoms with Gasteiger partial charge >= 0.3 is 6.09 Å². The molecule has 0 spiro atoms. The molecule has 5 N–H and O–H groups in total. The van der Waals surface area contributed by atoms with Crippen LogP contribution >= 0.6 is 0 Å². The van der Waals surface area contributed by atoms with Gasteiger partial charge in [-0.2, -0.15) is 0 Å². The van der Waals surface area contributed by atoms with Crippen molar-refractivity contribution in [3.8, 4) is 17.2 Å². The number of benzene rings is 1. The highest BCUT2D eigenvalue weighted by Gasteiger charge is 2.17. The molecule has 0 radical (unpaired) electrons. The number of nitrogens with one attached hydrogen (secondary N) is 2. The fourth-order valence-corrected chi connectivity index (χ4v) is 1.88. The molecule has 0 aliphatic carbocycles. The van der Waals surface area contributed by atoms with Gasteiger partial charge < -0.3 is 30.7 Å². The minimum absolute atomic E-state index is 0.0702. The van der Waals surface area contributed by atoms with Gasteiger partial charge in [0.25, 0.3) is 0 Å². The molecule has 1 aromatic carbocycles. The third-order valence-corrected chi connectivity index (χ3v) is 3.05. The molecule has 1 rings (SSSR count). The van der Waals surface area contributed by atoms with Gasteiger partial charge in [-0.1, -0.05) is 6.07 Å². The first kappa shape index (κ1) is 18.9. The van der Waals surface area contributed by atoms with Crippen LogP contribution in [0.2, 0.25) is 0 Å². The molecule has 0 aliphatic rings. The zero-order valence-electron chi connectivity index (χ0n) is 14.0. The van der Waals surface area contributed by atoms with E-state index in [9.17, 15) is 20.1 Å². The number of carbonyl (C=O) groups excluding carboxylic acids is 1. The lowest BCUT2D eigenvalue weighted by molar-refractivity contribution is 0.0506. The Morgan fingerprint density at radius 1 is 1.22 bits per heavy atom. The van der Waals surface area contributed by atoms with Crippen molar-refractivity contribution in [1.82, 2.24) is 10.6 Å². The molecule has 1 aromatic rings. The van der Waals surface area contributed by atoms with Gasteiger partial charge in [-0.25, -0.2) is 4.79 Å². The lowest BCUT2D eigenvalue weighted by Crippen LogP contribution is -2.38. The number of alkyl carbamates (subject to hydrolysis) is 1. The van der Waals surface area contributed by atoms with E-state index in [2.05, 4.69) is 10.6 Å². The van der Waals surface area contributed by atoms with Crippen LogP contribution in [0, 0.1) is 0 Å². The van der Waals surface area contributed by atoms with Crippen molar-refractivity contribution < 1.29 is 24.9 Å². The minimum Gasteiger partial charge on any atom is -0.504 e. The highest BCUT2D eigenvalue weighted by atomic mass is 16.6. The lowest BCUT2D eigenvalue weighted by Gasteiger charge is -2.22. The first-order valence-corrected chi connectivity index (χ1v) is 7.53. The molecule has 7 nitrogen and oxygen atoms in total. The molecule has 0 aromatic heterocycles. The molecular formula is C16H26N2O5. The van der Waals surface area contributed by atoms with E-state index in [0.29, 0.717) is 25.1 Å². The van der Waals surface area contributed by atoms with Crippen LogP contribution in [0.4, 0.5) is 4.79 Å². The fourth-order valence-electron chi connectivity index (χ4n) is 1.88. The Kier molecular flexibility index (Phi) is 6.50. The van der Waals surface area contributed by atoms with E-state index >= 15 is 0 Å². The zero-order chi connectivity index (χ0) is 17.6. The van der Waals surface area contributed by atoms with Crippen LogP contribution in [0.5, 0.6) is 17.2 Å². The second-order valence-corrected chi connectivity index (χ2v) is 6.45. The topological polar surface area (TPSA) is 111 Å². The fraction of sp³-hybridized carbons (Fsp3) is 0.562. The van der Waals surface area contributed by atoms with Gasteiger partial charge in [0.15, 0.2) is 11.5 Å². The van der Waals surface area contributed by atoms with Crippen molar-refractivity contribution in [3.63, 3.8) is 0 Å². The summed E-state index contributed by atoms with van der Waals surface area (Å²) in [6.45, 7) is 8.21. The molecule has 0 saturated carbocycles. The average molecular weight is 326 g/mol.